The second-order valence-corrected chi connectivity index (χ2v) is 8.12. The van der Waals surface area contributed by atoms with E-state index in [1.54, 1.807) is 28.9 Å². The second-order valence-electron chi connectivity index (χ2n) is 8.12. The maximum Gasteiger partial charge on any atom is 0.345 e. The Balaban J connectivity index is 1.56. The molecule has 0 unspecified atom stereocenters. The third-order valence-corrected chi connectivity index (χ3v) is 5.37. The SMILES string of the molecule is CC1(C)CN(c2ccc3cc(-c4cn5cccc(F)c5n4)c(=O)oc3c2)CCN1. The van der Waals surface area contributed by atoms with Crippen molar-refractivity contribution in [2.24, 2.45) is 0 Å². The molecule has 29 heavy (non-hydrogen) atoms. The van der Waals surface area contributed by atoms with Crippen molar-refractivity contribution in [3.63, 3.8) is 0 Å². The molecule has 3 aromatic heterocycles. The number of fused-ring (bicyclic) bond motifs is 2. The number of anilines is 1. The van der Waals surface area contributed by atoms with Crippen LogP contribution in [0, 0.1) is 5.82 Å². The molecule has 1 aliphatic heterocycles. The normalized spacial score (nSPS) is 16.6. The van der Waals surface area contributed by atoms with Crippen LogP contribution >= 0.6 is 0 Å². The second kappa shape index (κ2) is 6.42. The molecule has 148 valence electrons. The van der Waals surface area contributed by atoms with Crippen molar-refractivity contribution in [2.75, 3.05) is 24.5 Å². The highest BCUT2D eigenvalue weighted by molar-refractivity contribution is 5.84. The van der Waals surface area contributed by atoms with Gasteiger partial charge in [-0.3, -0.25) is 0 Å². The maximum atomic E-state index is 14.0. The van der Waals surface area contributed by atoms with Gasteiger partial charge in [0.1, 0.15) is 5.58 Å². The maximum absolute atomic E-state index is 14.0. The number of nitrogens with zero attached hydrogens (tertiary/aromatic N) is 3. The molecule has 0 bridgehead atoms. The van der Waals surface area contributed by atoms with E-state index in [1.165, 1.54) is 6.07 Å². The summed E-state index contributed by atoms with van der Waals surface area (Å²) in [6.07, 6.45) is 3.33. The monoisotopic (exact) mass is 392 g/mol. The van der Waals surface area contributed by atoms with Gasteiger partial charge >= 0.3 is 5.63 Å². The Morgan fingerprint density at radius 3 is 2.90 bits per heavy atom. The molecule has 6 nitrogen and oxygen atoms in total. The lowest BCUT2D eigenvalue weighted by atomic mass is 10.0. The molecule has 0 radical (unpaired) electrons. The van der Waals surface area contributed by atoms with Gasteiger partial charge in [0.2, 0.25) is 0 Å². The van der Waals surface area contributed by atoms with Gasteiger partial charge in [-0.25, -0.2) is 14.2 Å². The minimum absolute atomic E-state index is 0.0241. The van der Waals surface area contributed by atoms with Crippen molar-refractivity contribution >= 4 is 22.3 Å². The summed E-state index contributed by atoms with van der Waals surface area (Å²) in [5, 5.41) is 4.30. The molecule has 1 aliphatic rings. The lowest BCUT2D eigenvalue weighted by molar-refractivity contribution is 0.353. The van der Waals surface area contributed by atoms with Gasteiger partial charge in [-0.1, -0.05) is 0 Å². The van der Waals surface area contributed by atoms with Gasteiger partial charge in [-0.2, -0.15) is 0 Å². The van der Waals surface area contributed by atoms with Crippen molar-refractivity contribution in [3.05, 3.63) is 65.0 Å². The highest BCUT2D eigenvalue weighted by Gasteiger charge is 2.26. The average Bonchev–Trinajstić information content (AvgIpc) is 3.11. The summed E-state index contributed by atoms with van der Waals surface area (Å²) in [5.41, 5.74) is 1.98. The fourth-order valence-corrected chi connectivity index (χ4v) is 3.95. The lowest BCUT2D eigenvalue weighted by Crippen LogP contribution is -2.57. The van der Waals surface area contributed by atoms with Gasteiger partial charge in [0.25, 0.3) is 0 Å². The van der Waals surface area contributed by atoms with E-state index < -0.39 is 11.4 Å². The van der Waals surface area contributed by atoms with Crippen molar-refractivity contribution in [1.82, 2.24) is 14.7 Å². The van der Waals surface area contributed by atoms with E-state index in [0.717, 1.165) is 30.7 Å². The largest absolute Gasteiger partial charge is 0.422 e. The first-order valence-electron chi connectivity index (χ1n) is 9.61. The number of nitrogens with one attached hydrogen (secondary N) is 1. The highest BCUT2D eigenvalue weighted by Crippen LogP contribution is 2.27. The standard InChI is InChI=1S/C22H21FN4O2/c1-22(2)13-27(9-7-24-22)15-6-5-14-10-16(21(28)29-19(14)11-15)18-12-26-8-3-4-17(23)20(26)25-18/h3-6,8,10-12,24H,7,9,13H2,1-2H3. The van der Waals surface area contributed by atoms with Crippen molar-refractivity contribution in [1.29, 1.82) is 0 Å². The van der Waals surface area contributed by atoms with Gasteiger partial charge in [-0.05, 0) is 44.2 Å². The quantitative estimate of drug-likeness (QED) is 0.530. The van der Waals surface area contributed by atoms with E-state index >= 15 is 0 Å². The Morgan fingerprint density at radius 1 is 1.24 bits per heavy atom. The average molecular weight is 392 g/mol. The molecule has 0 atom stereocenters. The number of pyridine rings is 1. The summed E-state index contributed by atoms with van der Waals surface area (Å²) >= 11 is 0. The molecular weight excluding hydrogens is 371 g/mol. The molecule has 0 saturated carbocycles. The Hall–Kier alpha value is -3.19. The highest BCUT2D eigenvalue weighted by atomic mass is 19.1. The zero-order chi connectivity index (χ0) is 20.2. The topological polar surface area (TPSA) is 62.8 Å². The fraction of sp³-hybridized carbons (Fsp3) is 0.273. The van der Waals surface area contributed by atoms with Crippen molar-refractivity contribution in [3.8, 4) is 11.3 Å². The van der Waals surface area contributed by atoms with Crippen LogP contribution in [0.3, 0.4) is 0 Å². The van der Waals surface area contributed by atoms with Crippen LogP contribution in [0.25, 0.3) is 27.9 Å². The summed E-state index contributed by atoms with van der Waals surface area (Å²) in [7, 11) is 0. The fourth-order valence-electron chi connectivity index (χ4n) is 3.95. The van der Waals surface area contributed by atoms with Crippen LogP contribution in [0.1, 0.15) is 13.8 Å². The molecule has 4 heterocycles. The van der Waals surface area contributed by atoms with E-state index in [-0.39, 0.29) is 11.2 Å². The Labute approximate surface area is 166 Å². The van der Waals surface area contributed by atoms with E-state index in [4.69, 9.17) is 4.42 Å². The molecule has 1 N–H and O–H groups in total. The molecule has 0 aliphatic carbocycles. The van der Waals surface area contributed by atoms with Gasteiger partial charge in [0.05, 0.1) is 11.3 Å². The summed E-state index contributed by atoms with van der Waals surface area (Å²) in [6.45, 7) is 7.00. The van der Waals surface area contributed by atoms with E-state index in [1.807, 2.05) is 18.2 Å². The van der Waals surface area contributed by atoms with Crippen LogP contribution in [-0.4, -0.2) is 34.6 Å². The minimum atomic E-state index is -0.487. The van der Waals surface area contributed by atoms with Crippen LogP contribution in [-0.2, 0) is 0 Å². The molecule has 4 aromatic rings. The van der Waals surface area contributed by atoms with Crippen LogP contribution in [0.5, 0.6) is 0 Å². The van der Waals surface area contributed by atoms with Crippen molar-refractivity contribution in [2.45, 2.75) is 19.4 Å². The number of rotatable bonds is 2. The zero-order valence-corrected chi connectivity index (χ0v) is 16.3. The molecule has 1 saturated heterocycles. The molecule has 5 rings (SSSR count). The molecule has 0 spiro atoms. The van der Waals surface area contributed by atoms with Crippen LogP contribution in [0.15, 0.2) is 58.0 Å². The lowest BCUT2D eigenvalue weighted by Gasteiger charge is -2.40. The van der Waals surface area contributed by atoms with Gasteiger partial charge < -0.3 is 19.0 Å². The first-order chi connectivity index (χ1) is 13.9. The summed E-state index contributed by atoms with van der Waals surface area (Å²) in [4.78, 5) is 19.2. The Kier molecular flexibility index (Phi) is 3.96. The first kappa shape index (κ1) is 17.9. The Bertz CT molecular complexity index is 1290. The summed E-state index contributed by atoms with van der Waals surface area (Å²) < 4.78 is 21.1. The van der Waals surface area contributed by atoms with Gasteiger partial charge in [0, 0.05) is 54.7 Å². The predicted molar refractivity (Wildman–Crippen MR) is 111 cm³/mol. The molecule has 1 aromatic carbocycles. The van der Waals surface area contributed by atoms with E-state index in [9.17, 15) is 9.18 Å². The summed E-state index contributed by atoms with van der Waals surface area (Å²) in [6, 6.07) is 10.6. The van der Waals surface area contributed by atoms with Crippen LogP contribution in [0.4, 0.5) is 10.1 Å². The number of imidazole rings is 1. The third-order valence-electron chi connectivity index (χ3n) is 5.37. The van der Waals surface area contributed by atoms with Crippen LogP contribution < -0.4 is 15.8 Å². The van der Waals surface area contributed by atoms with E-state index in [2.05, 4.69) is 29.0 Å². The zero-order valence-electron chi connectivity index (χ0n) is 16.3. The number of benzene rings is 1. The third kappa shape index (κ3) is 3.17. The smallest absolute Gasteiger partial charge is 0.345 e. The number of hydrogen-bond acceptors (Lipinski definition) is 5. The molecule has 7 heteroatoms. The minimum Gasteiger partial charge on any atom is -0.422 e. The number of piperazine rings is 1. The number of aromatic nitrogens is 2. The molecule has 1 fully saturated rings. The Morgan fingerprint density at radius 2 is 2.10 bits per heavy atom. The van der Waals surface area contributed by atoms with E-state index in [0.29, 0.717) is 16.8 Å². The van der Waals surface area contributed by atoms with Gasteiger partial charge in [0.15, 0.2) is 11.5 Å². The van der Waals surface area contributed by atoms with Gasteiger partial charge in [-0.15, -0.1) is 0 Å². The first-order valence-corrected chi connectivity index (χ1v) is 9.61. The number of halogens is 1. The molecular formula is C22H21FN4O2. The molecule has 0 amide bonds. The predicted octanol–water partition coefficient (Wildman–Crippen LogP) is 3.44. The van der Waals surface area contributed by atoms with Crippen molar-refractivity contribution < 1.29 is 8.81 Å². The number of hydrogen-bond donors (Lipinski definition) is 1. The van der Waals surface area contributed by atoms with Crippen LogP contribution in [0.2, 0.25) is 0 Å². The summed E-state index contributed by atoms with van der Waals surface area (Å²) in [5.74, 6) is -0.437.